The highest BCUT2D eigenvalue weighted by Crippen LogP contribution is 2.40. The van der Waals surface area contributed by atoms with Crippen molar-refractivity contribution >= 4 is 12.6 Å². The normalized spacial score (nSPS) is 11.7. The van der Waals surface area contributed by atoms with Crippen LogP contribution in [0.4, 0.5) is 26.3 Å². The van der Waals surface area contributed by atoms with Crippen LogP contribution in [0.5, 0.6) is 0 Å². The highest BCUT2D eigenvalue weighted by atomic mass is 32.1. The van der Waals surface area contributed by atoms with Crippen LogP contribution in [0.2, 0.25) is 0 Å². The number of hydrogen-bond donors (Lipinski definition) is 1. The first-order valence-corrected chi connectivity index (χ1v) is 7.77. The quantitative estimate of drug-likeness (QED) is 0.395. The van der Waals surface area contributed by atoms with E-state index in [0.29, 0.717) is 22.6 Å². The highest BCUT2D eigenvalue weighted by Gasteiger charge is 2.40. The minimum absolute atomic E-state index is 0.0539. The Bertz CT molecular complexity index is 943. The molecular formula is C19H10F6S. The van der Waals surface area contributed by atoms with Crippen molar-refractivity contribution in [1.82, 2.24) is 0 Å². The van der Waals surface area contributed by atoms with Crippen LogP contribution < -0.4 is 0 Å². The van der Waals surface area contributed by atoms with Crippen LogP contribution in [0.1, 0.15) is 11.1 Å². The summed E-state index contributed by atoms with van der Waals surface area (Å²) < 4.78 is 83.9. The molecule has 0 radical (unpaired) electrons. The van der Waals surface area contributed by atoms with Gasteiger partial charge in [-0.2, -0.15) is 8.78 Å². The van der Waals surface area contributed by atoms with Gasteiger partial charge in [-0.15, -0.1) is 12.6 Å². The van der Waals surface area contributed by atoms with Crippen molar-refractivity contribution in [2.75, 3.05) is 0 Å². The summed E-state index contributed by atoms with van der Waals surface area (Å²) in [5.74, 6) is -10.1. The number of halogens is 6. The van der Waals surface area contributed by atoms with E-state index in [1.165, 1.54) is 12.1 Å². The first kappa shape index (κ1) is 18.4. The molecule has 0 saturated carbocycles. The van der Waals surface area contributed by atoms with Crippen LogP contribution in [-0.4, -0.2) is 0 Å². The molecule has 0 atom stereocenters. The first-order chi connectivity index (χ1) is 12.2. The molecule has 0 bridgehead atoms. The van der Waals surface area contributed by atoms with Crippen LogP contribution in [-0.2, 0) is 5.92 Å². The molecule has 0 N–H and O–H groups in total. The third-order valence-electron chi connectivity index (χ3n) is 3.84. The first-order valence-electron chi connectivity index (χ1n) is 7.32. The molecule has 0 spiro atoms. The van der Waals surface area contributed by atoms with E-state index in [1.54, 1.807) is 12.1 Å². The molecule has 3 aromatic rings. The fourth-order valence-corrected chi connectivity index (χ4v) is 2.68. The summed E-state index contributed by atoms with van der Waals surface area (Å²) in [7, 11) is 0. The van der Waals surface area contributed by atoms with Gasteiger partial charge in [-0.25, -0.2) is 17.6 Å². The average Bonchev–Trinajstić information content (AvgIpc) is 2.57. The molecule has 0 nitrogen and oxygen atoms in total. The van der Waals surface area contributed by atoms with Gasteiger partial charge in [0, 0.05) is 10.5 Å². The highest BCUT2D eigenvalue weighted by molar-refractivity contribution is 7.80. The van der Waals surface area contributed by atoms with Gasteiger partial charge in [0.25, 0.3) is 0 Å². The monoisotopic (exact) mass is 384 g/mol. The van der Waals surface area contributed by atoms with E-state index in [0.717, 1.165) is 12.1 Å². The van der Waals surface area contributed by atoms with Crippen LogP contribution in [0.3, 0.4) is 0 Å². The van der Waals surface area contributed by atoms with Crippen molar-refractivity contribution < 1.29 is 26.3 Å². The number of benzene rings is 3. The summed E-state index contributed by atoms with van der Waals surface area (Å²) in [6, 6.07) is 9.02. The summed E-state index contributed by atoms with van der Waals surface area (Å²) in [5, 5.41) is 0. The van der Waals surface area contributed by atoms with Gasteiger partial charge in [0.15, 0.2) is 11.6 Å². The molecule has 3 aromatic carbocycles. The van der Waals surface area contributed by atoms with Crippen molar-refractivity contribution in [3.8, 4) is 11.1 Å². The Morgan fingerprint density at radius 2 is 1.19 bits per heavy atom. The lowest BCUT2D eigenvalue weighted by Gasteiger charge is -2.19. The lowest BCUT2D eigenvalue weighted by atomic mass is 9.96. The molecular weight excluding hydrogens is 374 g/mol. The van der Waals surface area contributed by atoms with Crippen molar-refractivity contribution in [2.45, 2.75) is 10.8 Å². The summed E-state index contributed by atoms with van der Waals surface area (Å²) >= 11 is 4.09. The molecule has 7 heteroatoms. The van der Waals surface area contributed by atoms with Gasteiger partial charge in [-0.1, -0.05) is 12.1 Å². The maximum absolute atomic E-state index is 14.5. The zero-order valence-corrected chi connectivity index (χ0v) is 13.8. The molecule has 0 heterocycles. The van der Waals surface area contributed by atoms with Crippen LogP contribution in [0.15, 0.2) is 59.5 Å². The van der Waals surface area contributed by atoms with E-state index >= 15 is 0 Å². The smallest absolute Gasteiger partial charge is 0.206 e. The lowest BCUT2D eigenvalue weighted by Crippen LogP contribution is -2.20. The molecule has 26 heavy (non-hydrogen) atoms. The topological polar surface area (TPSA) is 0 Å². The van der Waals surface area contributed by atoms with Gasteiger partial charge in [-0.05, 0) is 53.6 Å². The fraction of sp³-hybridized carbons (Fsp3) is 0.0526. The molecule has 0 aliphatic rings. The maximum Gasteiger partial charge on any atom is 0.304 e. The number of hydrogen-bond acceptors (Lipinski definition) is 1. The Morgan fingerprint density at radius 3 is 1.73 bits per heavy atom. The Labute approximate surface area is 150 Å². The second kappa shape index (κ2) is 6.72. The summed E-state index contributed by atoms with van der Waals surface area (Å²) in [6.45, 7) is 0. The number of rotatable bonds is 3. The lowest BCUT2D eigenvalue weighted by molar-refractivity contribution is 0.0343. The number of thiol groups is 1. The summed E-state index contributed by atoms with van der Waals surface area (Å²) in [5.41, 5.74) is -2.12. The second-order valence-corrected chi connectivity index (χ2v) is 6.08. The van der Waals surface area contributed by atoms with E-state index in [1.807, 2.05) is 0 Å². The number of alkyl halides is 2. The van der Waals surface area contributed by atoms with Crippen LogP contribution >= 0.6 is 12.6 Å². The summed E-state index contributed by atoms with van der Waals surface area (Å²) in [6.07, 6.45) is 0. The third-order valence-corrected chi connectivity index (χ3v) is 4.14. The van der Waals surface area contributed by atoms with E-state index in [-0.39, 0.29) is 11.6 Å². The predicted octanol–water partition coefficient (Wildman–Crippen LogP) is 6.34. The van der Waals surface area contributed by atoms with Crippen molar-refractivity contribution in [3.05, 3.63) is 89.0 Å². The van der Waals surface area contributed by atoms with Crippen molar-refractivity contribution in [3.63, 3.8) is 0 Å². The minimum atomic E-state index is -4.18. The molecule has 134 valence electrons. The van der Waals surface area contributed by atoms with E-state index in [2.05, 4.69) is 12.6 Å². The molecule has 0 saturated heterocycles. The maximum atomic E-state index is 14.5. The van der Waals surface area contributed by atoms with Gasteiger partial charge < -0.3 is 0 Å². The van der Waals surface area contributed by atoms with Crippen LogP contribution in [0.25, 0.3) is 11.1 Å². The van der Waals surface area contributed by atoms with Gasteiger partial charge >= 0.3 is 5.92 Å². The molecule has 0 aliphatic carbocycles. The molecule has 0 unspecified atom stereocenters. The Morgan fingerprint density at radius 1 is 0.615 bits per heavy atom. The third kappa shape index (κ3) is 3.31. The largest absolute Gasteiger partial charge is 0.304 e. The van der Waals surface area contributed by atoms with E-state index < -0.39 is 40.3 Å². The van der Waals surface area contributed by atoms with Gasteiger partial charge in [0.2, 0.25) is 0 Å². The van der Waals surface area contributed by atoms with E-state index in [4.69, 9.17) is 0 Å². The fourth-order valence-electron chi connectivity index (χ4n) is 2.53. The van der Waals surface area contributed by atoms with Gasteiger partial charge in [-0.3, -0.25) is 0 Å². The van der Waals surface area contributed by atoms with Crippen molar-refractivity contribution in [2.24, 2.45) is 0 Å². The Kier molecular flexibility index (Phi) is 4.75. The Balaban J connectivity index is 2.10. The molecule has 0 aromatic heterocycles. The Hall–Kier alpha value is -2.41. The predicted molar refractivity (Wildman–Crippen MR) is 88.4 cm³/mol. The average molecular weight is 384 g/mol. The summed E-state index contributed by atoms with van der Waals surface area (Å²) in [4.78, 5) is 0.621. The van der Waals surface area contributed by atoms with Crippen LogP contribution in [0, 0.1) is 23.3 Å². The van der Waals surface area contributed by atoms with E-state index in [9.17, 15) is 26.3 Å². The molecule has 0 fully saturated rings. The zero-order valence-electron chi connectivity index (χ0n) is 12.9. The molecule has 0 aliphatic heterocycles. The molecule has 3 rings (SSSR count). The van der Waals surface area contributed by atoms with Crippen molar-refractivity contribution in [1.29, 1.82) is 0 Å². The SMILES string of the molecule is Fc1ccc(C(F)(F)c2c(F)cc(-c3ccc(S)cc3)cc2F)cc1F. The minimum Gasteiger partial charge on any atom is -0.206 e. The van der Waals surface area contributed by atoms with Gasteiger partial charge in [0.05, 0.1) is 5.56 Å². The van der Waals surface area contributed by atoms with Gasteiger partial charge in [0.1, 0.15) is 11.6 Å². The second-order valence-electron chi connectivity index (χ2n) is 5.57. The standard InChI is InChI=1S/C19H10F6S/c20-14-6-3-12(9-15(14)21)19(24,25)18-16(22)7-11(8-17(18)23)10-1-4-13(26)5-2-10/h1-9,26H. The molecule has 0 amide bonds. The zero-order chi connectivity index (χ0) is 19.1.